The van der Waals surface area contributed by atoms with E-state index in [1.54, 1.807) is 0 Å². The molecule has 4 saturated carbocycles. The van der Waals surface area contributed by atoms with E-state index in [0.717, 1.165) is 24.3 Å². The Morgan fingerprint density at radius 2 is 1.70 bits per heavy atom. The summed E-state index contributed by atoms with van der Waals surface area (Å²) in [6.45, 7) is 0.846. The third kappa shape index (κ3) is 3.58. The molecule has 4 bridgehead atoms. The molecule has 0 aromatic heterocycles. The van der Waals surface area contributed by atoms with Gasteiger partial charge in [-0.2, -0.15) is 0 Å². The van der Waals surface area contributed by atoms with Crippen LogP contribution in [0, 0.1) is 23.2 Å². The second kappa shape index (κ2) is 5.94. The molecule has 5 aliphatic rings. The number of nitrogens with one attached hydrogen (secondary N) is 1. The average molecular weight is 358 g/mol. The van der Waals surface area contributed by atoms with E-state index in [1.165, 1.54) is 50.3 Å². The summed E-state index contributed by atoms with van der Waals surface area (Å²) >= 11 is 1.52. The molecule has 130 valence electrons. The van der Waals surface area contributed by atoms with Gasteiger partial charge in [-0.25, -0.2) is 8.42 Å². The van der Waals surface area contributed by atoms with Gasteiger partial charge in [0, 0.05) is 11.8 Å². The van der Waals surface area contributed by atoms with Gasteiger partial charge in [0.1, 0.15) is 0 Å². The Bertz CT molecular complexity index is 551. The van der Waals surface area contributed by atoms with E-state index in [2.05, 4.69) is 5.32 Å². The topological polar surface area (TPSA) is 63.2 Å². The highest BCUT2D eigenvalue weighted by molar-refractivity contribution is 8.02. The maximum Gasteiger partial charge on any atom is 0.230 e. The lowest BCUT2D eigenvalue weighted by atomic mass is 9.49. The molecule has 0 radical (unpaired) electrons. The Morgan fingerprint density at radius 3 is 2.22 bits per heavy atom. The van der Waals surface area contributed by atoms with E-state index in [9.17, 15) is 13.2 Å². The summed E-state index contributed by atoms with van der Waals surface area (Å²) in [6.07, 6.45) is 8.93. The second-order valence-electron chi connectivity index (χ2n) is 8.53. The third-order valence-electron chi connectivity index (χ3n) is 6.47. The number of rotatable bonds is 5. The lowest BCUT2D eigenvalue weighted by Gasteiger charge is -2.56. The summed E-state index contributed by atoms with van der Waals surface area (Å²) in [5.41, 5.74) is 0.381. The Morgan fingerprint density at radius 1 is 1.09 bits per heavy atom. The largest absolute Gasteiger partial charge is 0.355 e. The van der Waals surface area contributed by atoms with Crippen molar-refractivity contribution in [2.75, 3.05) is 23.8 Å². The number of amides is 1. The van der Waals surface area contributed by atoms with Crippen molar-refractivity contribution in [3.63, 3.8) is 0 Å². The van der Waals surface area contributed by atoms with Crippen molar-refractivity contribution in [1.29, 1.82) is 0 Å². The van der Waals surface area contributed by atoms with E-state index in [1.807, 2.05) is 0 Å². The molecular weight excluding hydrogens is 330 g/mol. The molecule has 0 aromatic carbocycles. The Kier molecular flexibility index (Phi) is 4.20. The van der Waals surface area contributed by atoms with Crippen LogP contribution in [0.3, 0.4) is 0 Å². The first-order valence-electron chi connectivity index (χ1n) is 9.00. The van der Waals surface area contributed by atoms with Crippen LogP contribution in [0.25, 0.3) is 0 Å². The highest BCUT2D eigenvalue weighted by atomic mass is 32.2. The van der Waals surface area contributed by atoms with Crippen molar-refractivity contribution in [2.45, 2.75) is 50.2 Å². The van der Waals surface area contributed by atoms with E-state index in [0.29, 0.717) is 23.3 Å². The molecule has 5 rings (SSSR count). The molecule has 0 aromatic rings. The first-order valence-corrected chi connectivity index (χ1v) is 11.9. The quantitative estimate of drug-likeness (QED) is 0.820. The van der Waals surface area contributed by atoms with Crippen molar-refractivity contribution in [3.05, 3.63) is 0 Å². The van der Waals surface area contributed by atoms with Crippen molar-refractivity contribution in [2.24, 2.45) is 23.2 Å². The molecule has 1 atom stereocenters. The number of carbonyl (C=O) groups excluding carboxylic acids is 1. The van der Waals surface area contributed by atoms with E-state index in [4.69, 9.17) is 0 Å². The van der Waals surface area contributed by atoms with Crippen molar-refractivity contribution in [1.82, 2.24) is 5.32 Å². The second-order valence-corrected chi connectivity index (χ2v) is 12.0. The lowest BCUT2D eigenvalue weighted by Crippen LogP contribution is -2.51. The number of hydrogen-bond donors (Lipinski definition) is 1. The van der Waals surface area contributed by atoms with Gasteiger partial charge in [-0.1, -0.05) is 0 Å². The van der Waals surface area contributed by atoms with Crippen LogP contribution < -0.4 is 5.32 Å². The first-order chi connectivity index (χ1) is 10.9. The van der Waals surface area contributed by atoms with Crippen molar-refractivity contribution < 1.29 is 13.2 Å². The zero-order valence-electron chi connectivity index (χ0n) is 13.6. The number of hydrogen-bond acceptors (Lipinski definition) is 4. The summed E-state index contributed by atoms with van der Waals surface area (Å²) in [5.74, 6) is 3.78. The van der Waals surface area contributed by atoms with E-state index >= 15 is 0 Å². The minimum Gasteiger partial charge on any atom is -0.355 e. The van der Waals surface area contributed by atoms with Crippen LogP contribution in [0.2, 0.25) is 0 Å². The van der Waals surface area contributed by atoms with Crippen LogP contribution >= 0.6 is 11.8 Å². The fourth-order valence-electron chi connectivity index (χ4n) is 5.93. The fourth-order valence-corrected chi connectivity index (χ4v) is 9.40. The van der Waals surface area contributed by atoms with Crippen LogP contribution in [0.1, 0.15) is 44.9 Å². The molecule has 1 saturated heterocycles. The molecule has 6 heteroatoms. The van der Waals surface area contributed by atoms with Gasteiger partial charge in [-0.3, -0.25) is 4.79 Å². The predicted molar refractivity (Wildman–Crippen MR) is 93.1 cm³/mol. The molecule has 4 aliphatic carbocycles. The number of carbonyl (C=O) groups is 1. The third-order valence-corrected chi connectivity index (χ3v) is 9.75. The van der Waals surface area contributed by atoms with Gasteiger partial charge in [-0.05, 0) is 68.1 Å². The monoisotopic (exact) mass is 357 g/mol. The van der Waals surface area contributed by atoms with Crippen LogP contribution in [0.4, 0.5) is 0 Å². The Labute approximate surface area is 143 Å². The van der Waals surface area contributed by atoms with Gasteiger partial charge in [0.05, 0.1) is 17.3 Å². The summed E-state index contributed by atoms with van der Waals surface area (Å²) in [6, 6.07) is 0. The molecule has 1 amide bonds. The van der Waals surface area contributed by atoms with E-state index in [-0.39, 0.29) is 16.9 Å². The molecule has 0 spiro atoms. The van der Waals surface area contributed by atoms with Crippen molar-refractivity contribution >= 4 is 27.5 Å². The minimum absolute atomic E-state index is 0.0926. The molecule has 1 unspecified atom stereocenters. The average Bonchev–Trinajstić information content (AvgIpc) is 2.81. The molecular formula is C17H27NO3S2. The van der Waals surface area contributed by atoms with Crippen LogP contribution in [0.5, 0.6) is 0 Å². The fraction of sp³-hybridized carbons (Fsp3) is 0.941. The molecule has 1 heterocycles. The molecule has 5 fully saturated rings. The Hall–Kier alpha value is -0.230. The van der Waals surface area contributed by atoms with Crippen molar-refractivity contribution in [3.8, 4) is 0 Å². The highest BCUT2D eigenvalue weighted by Crippen LogP contribution is 2.59. The maximum absolute atomic E-state index is 12.2. The standard InChI is InChI=1S/C17H27NO3S2/c19-16(9-22-15-1-2-23(20,21)10-15)18-11-17-6-12-3-13(7-17)5-14(4-12)8-17/h12-15H,1-11H2,(H,18,19). The molecule has 23 heavy (non-hydrogen) atoms. The zero-order valence-corrected chi connectivity index (χ0v) is 15.3. The number of sulfone groups is 1. The van der Waals surface area contributed by atoms with Gasteiger partial charge < -0.3 is 5.32 Å². The van der Waals surface area contributed by atoms with Gasteiger partial charge >= 0.3 is 0 Å². The van der Waals surface area contributed by atoms with Gasteiger partial charge in [0.15, 0.2) is 9.84 Å². The summed E-state index contributed by atoms with van der Waals surface area (Å²) in [4.78, 5) is 12.2. The van der Waals surface area contributed by atoms with Crippen LogP contribution in [-0.4, -0.2) is 43.4 Å². The van der Waals surface area contributed by atoms with Gasteiger partial charge in [-0.15, -0.1) is 11.8 Å². The molecule has 1 aliphatic heterocycles. The van der Waals surface area contributed by atoms with Gasteiger partial charge in [0.2, 0.25) is 5.91 Å². The lowest BCUT2D eigenvalue weighted by molar-refractivity contribution is -0.120. The van der Waals surface area contributed by atoms with E-state index < -0.39 is 9.84 Å². The normalized spacial score (nSPS) is 43.7. The smallest absolute Gasteiger partial charge is 0.230 e. The van der Waals surface area contributed by atoms with Crippen LogP contribution in [-0.2, 0) is 14.6 Å². The van der Waals surface area contributed by atoms with Crippen LogP contribution in [0.15, 0.2) is 0 Å². The first kappa shape index (κ1) is 16.2. The SMILES string of the molecule is O=C(CSC1CCS(=O)(=O)C1)NCC12CC3CC(CC(C3)C1)C2. The zero-order chi connectivity index (χ0) is 16.1. The molecule has 1 N–H and O–H groups in total. The van der Waals surface area contributed by atoms with Gasteiger partial charge in [0.25, 0.3) is 0 Å². The minimum atomic E-state index is -2.84. The molecule has 4 nitrogen and oxygen atoms in total. The summed E-state index contributed by atoms with van der Waals surface area (Å²) in [7, 11) is -2.84. The number of thioether (sulfide) groups is 1. The summed E-state index contributed by atoms with van der Waals surface area (Å²) < 4.78 is 22.9. The predicted octanol–water partition coefficient (Wildman–Crippen LogP) is 2.24. The Balaban J connectivity index is 1.24. The maximum atomic E-state index is 12.2. The summed E-state index contributed by atoms with van der Waals surface area (Å²) in [5, 5.41) is 3.29. The highest BCUT2D eigenvalue weighted by Gasteiger charge is 2.50.